The minimum atomic E-state index is 0.434. The van der Waals surface area contributed by atoms with E-state index in [0.29, 0.717) is 18.4 Å². The molecule has 0 aromatic carbocycles. The van der Waals surface area contributed by atoms with Crippen LogP contribution in [0.2, 0.25) is 0 Å². The average molecular weight is 249 g/mol. The molecule has 0 saturated heterocycles. The molecular formula is C15H27N3. The van der Waals surface area contributed by atoms with Gasteiger partial charge in [0.15, 0.2) is 0 Å². The largest absolute Gasteiger partial charge is 0.334 e. The topological polar surface area (TPSA) is 43.8 Å². The van der Waals surface area contributed by atoms with E-state index >= 15 is 0 Å². The van der Waals surface area contributed by atoms with Crippen LogP contribution in [-0.4, -0.2) is 16.1 Å². The molecule has 0 spiro atoms. The summed E-state index contributed by atoms with van der Waals surface area (Å²) in [4.78, 5) is 4.35. The minimum absolute atomic E-state index is 0.434. The average Bonchev–Trinajstić information content (AvgIpc) is 2.91. The predicted molar refractivity (Wildman–Crippen MR) is 75.4 cm³/mol. The summed E-state index contributed by atoms with van der Waals surface area (Å²) < 4.78 is 2.35. The minimum Gasteiger partial charge on any atom is -0.334 e. The molecule has 3 heteroatoms. The van der Waals surface area contributed by atoms with E-state index in [0.717, 1.165) is 18.4 Å². The molecule has 2 N–H and O–H groups in total. The van der Waals surface area contributed by atoms with Gasteiger partial charge in [-0.15, -0.1) is 0 Å². The molecule has 0 bridgehead atoms. The number of aromatic nitrogens is 2. The Morgan fingerprint density at radius 1 is 1.44 bits per heavy atom. The van der Waals surface area contributed by atoms with Crippen molar-refractivity contribution in [2.45, 2.75) is 52.5 Å². The number of nitrogens with zero attached hydrogens (tertiary/aromatic N) is 2. The van der Waals surface area contributed by atoms with Crippen LogP contribution in [0.5, 0.6) is 0 Å². The van der Waals surface area contributed by atoms with Gasteiger partial charge in [-0.05, 0) is 24.2 Å². The molecule has 3 atom stereocenters. The van der Waals surface area contributed by atoms with E-state index in [1.54, 1.807) is 0 Å². The second-order valence-electron chi connectivity index (χ2n) is 6.23. The highest BCUT2D eigenvalue weighted by molar-refractivity contribution is 5.08. The van der Waals surface area contributed by atoms with E-state index in [2.05, 4.69) is 30.3 Å². The Bertz CT molecular complexity index is 370. The van der Waals surface area contributed by atoms with Crippen molar-refractivity contribution in [3.05, 3.63) is 18.2 Å². The summed E-state index contributed by atoms with van der Waals surface area (Å²) in [5.74, 6) is 2.69. The Labute approximate surface area is 111 Å². The van der Waals surface area contributed by atoms with E-state index in [9.17, 15) is 0 Å². The van der Waals surface area contributed by atoms with Crippen LogP contribution in [0.4, 0.5) is 0 Å². The van der Waals surface area contributed by atoms with Crippen molar-refractivity contribution in [3.8, 4) is 0 Å². The molecule has 1 aromatic rings. The first-order chi connectivity index (χ1) is 8.63. The Kier molecular flexibility index (Phi) is 4.44. The molecule has 0 amide bonds. The van der Waals surface area contributed by atoms with Crippen LogP contribution in [0.15, 0.2) is 12.5 Å². The van der Waals surface area contributed by atoms with Crippen molar-refractivity contribution in [1.29, 1.82) is 0 Å². The SMILES string of the molecule is CC(C)C(CN)c1cncn1CC1CCCC1C. The lowest BCUT2D eigenvalue weighted by atomic mass is 9.92. The summed E-state index contributed by atoms with van der Waals surface area (Å²) in [7, 11) is 0. The van der Waals surface area contributed by atoms with E-state index in [4.69, 9.17) is 5.73 Å². The Balaban J connectivity index is 2.11. The maximum absolute atomic E-state index is 5.93. The monoisotopic (exact) mass is 249 g/mol. The van der Waals surface area contributed by atoms with Gasteiger partial charge in [0.05, 0.1) is 6.33 Å². The molecule has 1 heterocycles. The summed E-state index contributed by atoms with van der Waals surface area (Å²) in [6.45, 7) is 8.71. The van der Waals surface area contributed by atoms with Crippen molar-refractivity contribution in [2.24, 2.45) is 23.5 Å². The molecule has 3 unspecified atom stereocenters. The highest BCUT2D eigenvalue weighted by Crippen LogP contribution is 2.33. The van der Waals surface area contributed by atoms with Crippen LogP contribution < -0.4 is 5.73 Å². The zero-order valence-corrected chi connectivity index (χ0v) is 12.0. The lowest BCUT2D eigenvalue weighted by Gasteiger charge is -2.23. The quantitative estimate of drug-likeness (QED) is 0.871. The van der Waals surface area contributed by atoms with E-state index in [1.807, 2.05) is 12.5 Å². The molecular weight excluding hydrogens is 222 g/mol. The lowest BCUT2D eigenvalue weighted by Crippen LogP contribution is -2.23. The molecule has 0 radical (unpaired) electrons. The fourth-order valence-electron chi connectivity index (χ4n) is 3.27. The molecule has 0 aliphatic heterocycles. The van der Waals surface area contributed by atoms with E-state index in [-0.39, 0.29) is 0 Å². The summed E-state index contributed by atoms with van der Waals surface area (Å²) in [5, 5.41) is 0. The van der Waals surface area contributed by atoms with Gasteiger partial charge in [-0.25, -0.2) is 4.98 Å². The maximum atomic E-state index is 5.93. The van der Waals surface area contributed by atoms with Crippen molar-refractivity contribution in [3.63, 3.8) is 0 Å². The first-order valence-electron chi connectivity index (χ1n) is 7.33. The molecule has 1 saturated carbocycles. The van der Waals surface area contributed by atoms with Gasteiger partial charge in [-0.2, -0.15) is 0 Å². The van der Waals surface area contributed by atoms with Gasteiger partial charge >= 0.3 is 0 Å². The zero-order chi connectivity index (χ0) is 13.1. The van der Waals surface area contributed by atoms with Crippen molar-refractivity contribution >= 4 is 0 Å². The van der Waals surface area contributed by atoms with Crippen LogP contribution in [0.1, 0.15) is 51.6 Å². The molecule has 102 valence electrons. The molecule has 1 aliphatic rings. The third-order valence-electron chi connectivity index (χ3n) is 4.65. The summed E-state index contributed by atoms with van der Waals surface area (Å²) in [6.07, 6.45) is 8.15. The van der Waals surface area contributed by atoms with Crippen molar-refractivity contribution in [1.82, 2.24) is 9.55 Å². The molecule has 1 fully saturated rings. The summed E-state index contributed by atoms with van der Waals surface area (Å²) in [6, 6.07) is 0. The van der Waals surface area contributed by atoms with Crippen molar-refractivity contribution < 1.29 is 0 Å². The second-order valence-corrected chi connectivity index (χ2v) is 6.23. The molecule has 1 aromatic heterocycles. The standard InChI is InChI=1S/C15H27N3/c1-11(2)14(7-16)15-8-17-10-18(15)9-13-6-4-5-12(13)3/h8,10-14H,4-7,9,16H2,1-3H3. The fraction of sp³-hybridized carbons (Fsp3) is 0.800. The number of imidazole rings is 1. The molecule has 2 rings (SSSR count). The van der Waals surface area contributed by atoms with Crippen LogP contribution >= 0.6 is 0 Å². The highest BCUT2D eigenvalue weighted by Gasteiger charge is 2.25. The summed E-state index contributed by atoms with van der Waals surface area (Å²) >= 11 is 0. The first kappa shape index (κ1) is 13.6. The van der Waals surface area contributed by atoms with Gasteiger partial charge in [-0.1, -0.05) is 33.6 Å². The second kappa shape index (κ2) is 5.87. The van der Waals surface area contributed by atoms with Crippen molar-refractivity contribution in [2.75, 3.05) is 6.54 Å². The first-order valence-corrected chi connectivity index (χ1v) is 7.33. The lowest BCUT2D eigenvalue weighted by molar-refractivity contribution is 0.350. The Morgan fingerprint density at radius 2 is 2.22 bits per heavy atom. The van der Waals surface area contributed by atoms with Gasteiger partial charge in [0.25, 0.3) is 0 Å². The van der Waals surface area contributed by atoms with Gasteiger partial charge in [0.1, 0.15) is 0 Å². The third-order valence-corrected chi connectivity index (χ3v) is 4.65. The molecule has 3 nitrogen and oxygen atoms in total. The van der Waals surface area contributed by atoms with E-state index < -0.39 is 0 Å². The summed E-state index contributed by atoms with van der Waals surface area (Å²) in [5.41, 5.74) is 7.25. The number of hydrogen-bond donors (Lipinski definition) is 1. The highest BCUT2D eigenvalue weighted by atomic mass is 15.1. The number of nitrogens with two attached hydrogens (primary N) is 1. The van der Waals surface area contributed by atoms with Crippen LogP contribution in [0.25, 0.3) is 0 Å². The Morgan fingerprint density at radius 3 is 2.78 bits per heavy atom. The number of hydrogen-bond acceptors (Lipinski definition) is 2. The third kappa shape index (κ3) is 2.77. The smallest absolute Gasteiger partial charge is 0.0948 e. The van der Waals surface area contributed by atoms with E-state index in [1.165, 1.54) is 25.0 Å². The van der Waals surface area contributed by atoms with Crippen LogP contribution in [-0.2, 0) is 6.54 Å². The number of rotatable bonds is 5. The van der Waals surface area contributed by atoms with Crippen LogP contribution in [0, 0.1) is 17.8 Å². The fourth-order valence-corrected chi connectivity index (χ4v) is 3.27. The maximum Gasteiger partial charge on any atom is 0.0948 e. The van der Waals surface area contributed by atoms with Gasteiger partial charge in [0.2, 0.25) is 0 Å². The zero-order valence-electron chi connectivity index (χ0n) is 12.0. The molecule has 1 aliphatic carbocycles. The predicted octanol–water partition coefficient (Wildman–Crippen LogP) is 3.02. The Hall–Kier alpha value is -0.830. The molecule has 18 heavy (non-hydrogen) atoms. The van der Waals surface area contributed by atoms with Gasteiger partial charge in [-0.3, -0.25) is 0 Å². The van der Waals surface area contributed by atoms with Crippen LogP contribution in [0.3, 0.4) is 0 Å². The van der Waals surface area contributed by atoms with Gasteiger partial charge in [0, 0.05) is 30.9 Å². The van der Waals surface area contributed by atoms with Gasteiger partial charge < -0.3 is 10.3 Å². The normalized spacial score (nSPS) is 25.8.